The van der Waals surface area contributed by atoms with Gasteiger partial charge < -0.3 is 24.8 Å². The van der Waals surface area contributed by atoms with Gasteiger partial charge in [0.2, 0.25) is 5.71 Å². The number of nitrogens with one attached hydrogen (secondary N) is 1. The quantitative estimate of drug-likeness (QED) is 0.0818. The maximum absolute atomic E-state index is 13.1. The Morgan fingerprint density at radius 2 is 2.05 bits per heavy atom. The number of hydrogen-bond donors (Lipinski definition) is 3. The van der Waals surface area contributed by atoms with Crippen LogP contribution in [-0.4, -0.2) is 93.5 Å². The molecule has 2 aliphatic heterocycles. The summed E-state index contributed by atoms with van der Waals surface area (Å²) >= 11 is 2.43. The first-order valence-electron chi connectivity index (χ1n) is 12.5. The standard InChI is InChI=1S/C24H23N7O9S2/c1-2-7-40-28-17(13-4-3-8-39-13)20(34)25-18-21(35)30-19(23(36)37)12(11-42-22(18)30)10-41-15-6-5-14-26-29(9-16(32)33)24(38)31(14)27-15/h3-6,8,18,22H,2,7,9-11H2,1H3,(H,25,34)(H,32,33)(H,36,37)/t18?,22-/m0/s1. The highest BCUT2D eigenvalue weighted by Gasteiger charge is 2.54. The van der Waals surface area contributed by atoms with Crippen LogP contribution in [-0.2, 0) is 30.6 Å². The van der Waals surface area contributed by atoms with Crippen molar-refractivity contribution in [2.75, 3.05) is 18.1 Å². The van der Waals surface area contributed by atoms with Crippen LogP contribution < -0.4 is 11.0 Å². The monoisotopic (exact) mass is 617 g/mol. The molecule has 5 rings (SSSR count). The van der Waals surface area contributed by atoms with Gasteiger partial charge in [-0.3, -0.25) is 19.3 Å². The zero-order valence-corrected chi connectivity index (χ0v) is 23.5. The molecule has 16 nitrogen and oxygen atoms in total. The summed E-state index contributed by atoms with van der Waals surface area (Å²) in [5.74, 6) is -3.27. The number of furan rings is 1. The Morgan fingerprint density at radius 3 is 2.74 bits per heavy atom. The normalized spacial score (nSPS) is 18.5. The highest BCUT2D eigenvalue weighted by atomic mass is 32.2. The molecule has 2 atom stereocenters. The molecule has 3 N–H and O–H groups in total. The minimum absolute atomic E-state index is 0.142. The number of aromatic nitrogens is 4. The minimum Gasteiger partial charge on any atom is -0.480 e. The Morgan fingerprint density at radius 1 is 1.24 bits per heavy atom. The molecule has 0 radical (unpaired) electrons. The summed E-state index contributed by atoms with van der Waals surface area (Å²) in [4.78, 5) is 68.0. The van der Waals surface area contributed by atoms with Crippen molar-refractivity contribution in [3.8, 4) is 0 Å². The Kier molecular flexibility index (Phi) is 8.34. The van der Waals surface area contributed by atoms with Gasteiger partial charge in [-0.2, -0.15) is 14.3 Å². The van der Waals surface area contributed by atoms with Crippen LogP contribution in [0.4, 0.5) is 0 Å². The van der Waals surface area contributed by atoms with Gasteiger partial charge in [-0.15, -0.1) is 28.6 Å². The van der Waals surface area contributed by atoms with E-state index in [0.717, 1.165) is 25.9 Å². The van der Waals surface area contributed by atoms with Crippen molar-refractivity contribution in [1.29, 1.82) is 0 Å². The molecule has 5 heterocycles. The first-order chi connectivity index (χ1) is 20.2. The third-order valence-electron chi connectivity index (χ3n) is 6.05. The zero-order chi connectivity index (χ0) is 30.0. The lowest BCUT2D eigenvalue weighted by Gasteiger charge is -2.49. The van der Waals surface area contributed by atoms with Crippen LogP contribution in [0.25, 0.3) is 5.65 Å². The van der Waals surface area contributed by atoms with Crippen LogP contribution in [0.15, 0.2) is 61.2 Å². The van der Waals surface area contributed by atoms with Crippen LogP contribution in [0.1, 0.15) is 19.1 Å². The van der Waals surface area contributed by atoms with E-state index >= 15 is 0 Å². The number of aliphatic carboxylic acids is 2. The lowest BCUT2D eigenvalue weighted by atomic mass is 10.0. The molecule has 0 saturated carbocycles. The second-order valence-corrected chi connectivity index (χ2v) is 11.0. The van der Waals surface area contributed by atoms with Crippen LogP contribution >= 0.6 is 23.5 Å². The van der Waals surface area contributed by atoms with Gasteiger partial charge in [-0.25, -0.2) is 9.59 Å². The van der Waals surface area contributed by atoms with E-state index in [-0.39, 0.29) is 40.9 Å². The number of amides is 2. The minimum atomic E-state index is -1.30. The highest BCUT2D eigenvalue weighted by Crippen LogP contribution is 2.41. The molecule has 1 unspecified atom stereocenters. The van der Waals surface area contributed by atoms with Gasteiger partial charge in [-0.1, -0.05) is 12.1 Å². The first-order valence-corrected chi connectivity index (χ1v) is 14.5. The number of oxime groups is 1. The second-order valence-electron chi connectivity index (χ2n) is 8.93. The van der Waals surface area contributed by atoms with E-state index in [1.165, 1.54) is 30.2 Å². The topological polar surface area (TPSA) is 211 Å². The summed E-state index contributed by atoms with van der Waals surface area (Å²) in [6.45, 7) is 1.53. The fourth-order valence-electron chi connectivity index (χ4n) is 4.18. The maximum Gasteiger partial charge on any atom is 0.367 e. The zero-order valence-electron chi connectivity index (χ0n) is 21.8. The van der Waals surface area contributed by atoms with Crippen molar-refractivity contribution >= 4 is 58.6 Å². The van der Waals surface area contributed by atoms with Gasteiger partial charge >= 0.3 is 17.6 Å². The van der Waals surface area contributed by atoms with Crippen molar-refractivity contribution in [3.63, 3.8) is 0 Å². The molecule has 3 aromatic rings. The summed E-state index contributed by atoms with van der Waals surface area (Å²) in [5.41, 5.74) is -0.450. The van der Waals surface area contributed by atoms with Crippen molar-refractivity contribution in [3.05, 3.63) is 58.0 Å². The van der Waals surface area contributed by atoms with Gasteiger partial charge in [0, 0.05) is 11.5 Å². The number of fused-ring (bicyclic) bond motifs is 2. The molecule has 1 fully saturated rings. The third kappa shape index (κ3) is 5.62. The molecule has 0 spiro atoms. The van der Waals surface area contributed by atoms with Crippen LogP contribution in [0.2, 0.25) is 0 Å². The fraction of sp³-hybridized carbons (Fsp3) is 0.333. The molecule has 2 amide bonds. The molecule has 42 heavy (non-hydrogen) atoms. The molecule has 18 heteroatoms. The van der Waals surface area contributed by atoms with E-state index in [1.54, 1.807) is 12.1 Å². The van der Waals surface area contributed by atoms with Gasteiger partial charge in [0.1, 0.15) is 35.3 Å². The molecule has 220 valence electrons. The van der Waals surface area contributed by atoms with Crippen molar-refractivity contribution in [2.45, 2.75) is 36.3 Å². The van der Waals surface area contributed by atoms with Crippen molar-refractivity contribution in [2.24, 2.45) is 5.16 Å². The van der Waals surface area contributed by atoms with E-state index in [0.29, 0.717) is 17.0 Å². The predicted molar refractivity (Wildman–Crippen MR) is 147 cm³/mol. The Balaban J connectivity index is 1.30. The average Bonchev–Trinajstić information content (AvgIpc) is 3.60. The number of hydrogen-bond acceptors (Lipinski definition) is 12. The van der Waals surface area contributed by atoms with Crippen LogP contribution in [0.5, 0.6) is 0 Å². The number of rotatable bonds is 12. The van der Waals surface area contributed by atoms with Gasteiger partial charge in [0.15, 0.2) is 11.4 Å². The third-order valence-corrected chi connectivity index (χ3v) is 8.40. The fourth-order valence-corrected chi connectivity index (χ4v) is 6.52. The van der Waals surface area contributed by atoms with E-state index in [4.69, 9.17) is 14.4 Å². The second kappa shape index (κ2) is 12.1. The van der Waals surface area contributed by atoms with E-state index in [9.17, 15) is 29.1 Å². The van der Waals surface area contributed by atoms with Gasteiger partial charge in [0.25, 0.3) is 11.8 Å². The molecule has 0 bridgehead atoms. The summed E-state index contributed by atoms with van der Waals surface area (Å²) in [6.07, 6.45) is 2.03. The number of β-lactam (4-membered cyclic amide) rings is 1. The molecule has 3 aromatic heterocycles. The molecular formula is C24H23N7O9S2. The summed E-state index contributed by atoms with van der Waals surface area (Å²) in [7, 11) is 0. The maximum atomic E-state index is 13.1. The molecule has 1 saturated heterocycles. The predicted octanol–water partition coefficient (Wildman–Crippen LogP) is 0.230. The largest absolute Gasteiger partial charge is 0.480 e. The number of thioether (sulfide) groups is 2. The van der Waals surface area contributed by atoms with E-state index in [1.807, 2.05) is 6.92 Å². The van der Waals surface area contributed by atoms with E-state index in [2.05, 4.69) is 20.7 Å². The number of nitrogens with zero attached hydrogens (tertiary/aromatic N) is 6. The molecule has 0 aromatic carbocycles. The number of carbonyl (C=O) groups is 4. The average molecular weight is 618 g/mol. The smallest absolute Gasteiger partial charge is 0.367 e. The van der Waals surface area contributed by atoms with E-state index < -0.39 is 47.4 Å². The number of carbonyl (C=O) groups excluding carboxylic acids is 2. The molecule has 0 aliphatic carbocycles. The Labute approximate surface area is 244 Å². The number of carboxylic acids is 2. The van der Waals surface area contributed by atoms with Crippen molar-refractivity contribution < 1.29 is 38.6 Å². The molecular weight excluding hydrogens is 594 g/mol. The Bertz CT molecular complexity index is 1680. The van der Waals surface area contributed by atoms with Crippen LogP contribution in [0, 0.1) is 0 Å². The SMILES string of the molecule is CCCON=C(C(=O)NC1C(=O)N2C(C(=O)O)=C(CSc3ccc4nn(CC(=O)O)c(=O)n4n3)CS[C@@H]12)c1ccco1. The summed E-state index contributed by atoms with van der Waals surface area (Å²) in [5, 5.41) is 33.2. The summed E-state index contributed by atoms with van der Waals surface area (Å²) < 4.78 is 7.01. The van der Waals surface area contributed by atoms with Gasteiger partial charge in [0.05, 0.1) is 6.26 Å². The summed E-state index contributed by atoms with van der Waals surface area (Å²) in [6, 6.07) is 5.17. The Hall–Kier alpha value is -4.58. The first kappa shape index (κ1) is 28.9. The lowest BCUT2D eigenvalue weighted by Crippen LogP contribution is -2.71. The van der Waals surface area contributed by atoms with Gasteiger partial charge in [-0.05, 0) is 36.3 Å². The highest BCUT2D eigenvalue weighted by molar-refractivity contribution is 8.01. The number of carboxylic acid groups (broad SMARTS) is 2. The van der Waals surface area contributed by atoms with Crippen LogP contribution in [0.3, 0.4) is 0 Å². The molecule has 2 aliphatic rings. The van der Waals surface area contributed by atoms with Crippen molar-refractivity contribution in [1.82, 2.24) is 29.6 Å². The lowest BCUT2D eigenvalue weighted by molar-refractivity contribution is -0.150.